The third kappa shape index (κ3) is 2.87. The predicted molar refractivity (Wildman–Crippen MR) is 65.9 cm³/mol. The van der Waals surface area contributed by atoms with E-state index in [4.69, 9.17) is 0 Å². The van der Waals surface area contributed by atoms with Crippen LogP contribution in [0.3, 0.4) is 0 Å². The standard InChI is InChI=1S/C12H14FN3O3/c1-15-5-4-10(12(15)17)14-7-8-2-3-11(16(18)19)9(13)6-8/h2-3,6,10,14H,4-5,7H2,1H3. The first-order valence-electron chi connectivity index (χ1n) is 5.90. The van der Waals surface area contributed by atoms with Crippen molar-refractivity contribution in [2.45, 2.75) is 19.0 Å². The molecule has 1 atom stereocenters. The highest BCUT2D eigenvalue weighted by Gasteiger charge is 2.28. The van der Waals surface area contributed by atoms with Crippen LogP contribution in [0.2, 0.25) is 0 Å². The Labute approximate surface area is 109 Å². The van der Waals surface area contributed by atoms with Gasteiger partial charge in [0.05, 0.1) is 11.0 Å². The number of hydrogen-bond acceptors (Lipinski definition) is 4. The van der Waals surface area contributed by atoms with E-state index in [-0.39, 0.29) is 11.9 Å². The fourth-order valence-electron chi connectivity index (χ4n) is 2.06. The van der Waals surface area contributed by atoms with Crippen molar-refractivity contribution in [3.63, 3.8) is 0 Å². The Kier molecular flexibility index (Phi) is 3.75. The number of likely N-dealkylation sites (tertiary alicyclic amines) is 1. The molecule has 1 saturated heterocycles. The summed E-state index contributed by atoms with van der Waals surface area (Å²) in [4.78, 5) is 23.0. The number of carbonyl (C=O) groups is 1. The van der Waals surface area contributed by atoms with Crippen molar-refractivity contribution in [3.05, 3.63) is 39.7 Å². The SMILES string of the molecule is CN1CCC(NCc2ccc([N+](=O)[O-])c(F)c2)C1=O. The molecule has 1 N–H and O–H groups in total. The lowest BCUT2D eigenvalue weighted by atomic mass is 10.1. The van der Waals surface area contributed by atoms with Crippen LogP contribution in [0.4, 0.5) is 10.1 Å². The molecule has 1 unspecified atom stereocenters. The van der Waals surface area contributed by atoms with Gasteiger partial charge >= 0.3 is 5.69 Å². The Bertz CT molecular complexity index is 521. The molecule has 1 aromatic rings. The van der Waals surface area contributed by atoms with Gasteiger partial charge in [-0.1, -0.05) is 6.07 Å². The van der Waals surface area contributed by atoms with Crippen molar-refractivity contribution in [1.82, 2.24) is 10.2 Å². The number of carbonyl (C=O) groups excluding carboxylic acids is 1. The quantitative estimate of drug-likeness (QED) is 0.653. The molecule has 2 rings (SSSR count). The van der Waals surface area contributed by atoms with Crippen molar-refractivity contribution >= 4 is 11.6 Å². The Morgan fingerprint density at radius 1 is 1.58 bits per heavy atom. The molecule has 1 amide bonds. The van der Waals surface area contributed by atoms with Crippen LogP contribution in [0, 0.1) is 15.9 Å². The van der Waals surface area contributed by atoms with E-state index in [1.54, 1.807) is 11.9 Å². The molecule has 0 spiro atoms. The first-order chi connectivity index (χ1) is 8.99. The summed E-state index contributed by atoms with van der Waals surface area (Å²) in [6.07, 6.45) is 0.713. The topological polar surface area (TPSA) is 75.5 Å². The minimum absolute atomic E-state index is 0.0161. The van der Waals surface area contributed by atoms with E-state index in [1.165, 1.54) is 6.07 Å². The maximum Gasteiger partial charge on any atom is 0.304 e. The summed E-state index contributed by atoms with van der Waals surface area (Å²) >= 11 is 0. The molecule has 0 aromatic heterocycles. The average molecular weight is 267 g/mol. The first kappa shape index (κ1) is 13.4. The number of nitrogens with one attached hydrogen (secondary N) is 1. The third-order valence-electron chi connectivity index (χ3n) is 3.19. The molecule has 102 valence electrons. The second kappa shape index (κ2) is 5.31. The zero-order valence-corrected chi connectivity index (χ0v) is 10.4. The first-order valence-corrected chi connectivity index (χ1v) is 5.90. The van der Waals surface area contributed by atoms with E-state index in [9.17, 15) is 19.3 Å². The largest absolute Gasteiger partial charge is 0.344 e. The molecule has 0 aliphatic carbocycles. The number of nitro benzene ring substituents is 1. The van der Waals surface area contributed by atoms with Gasteiger partial charge in [0.25, 0.3) is 0 Å². The molecule has 6 nitrogen and oxygen atoms in total. The number of halogens is 1. The fraction of sp³-hybridized carbons (Fsp3) is 0.417. The van der Waals surface area contributed by atoms with Gasteiger partial charge in [-0.05, 0) is 18.1 Å². The van der Waals surface area contributed by atoms with E-state index in [1.807, 2.05) is 0 Å². The predicted octanol–water partition coefficient (Wildman–Crippen LogP) is 1.05. The monoisotopic (exact) mass is 267 g/mol. The molecule has 1 aliphatic rings. The van der Waals surface area contributed by atoms with Gasteiger partial charge in [-0.15, -0.1) is 0 Å². The number of nitro groups is 1. The molecule has 19 heavy (non-hydrogen) atoms. The second-order valence-electron chi connectivity index (χ2n) is 4.52. The molecule has 0 bridgehead atoms. The Morgan fingerprint density at radius 2 is 2.32 bits per heavy atom. The molecule has 1 fully saturated rings. The van der Waals surface area contributed by atoms with Gasteiger partial charge in [0, 0.05) is 26.2 Å². The maximum absolute atomic E-state index is 13.4. The van der Waals surface area contributed by atoms with Gasteiger partial charge in [0.1, 0.15) is 0 Å². The van der Waals surface area contributed by atoms with Crippen LogP contribution in [0.25, 0.3) is 0 Å². The van der Waals surface area contributed by atoms with Gasteiger partial charge in [-0.2, -0.15) is 4.39 Å². The van der Waals surface area contributed by atoms with Crippen LogP contribution >= 0.6 is 0 Å². The van der Waals surface area contributed by atoms with Gasteiger partial charge in [-0.3, -0.25) is 14.9 Å². The molecular formula is C12H14FN3O3. The molecule has 1 heterocycles. The summed E-state index contributed by atoms with van der Waals surface area (Å²) in [6, 6.07) is 3.48. The van der Waals surface area contributed by atoms with E-state index in [2.05, 4.69) is 5.32 Å². The van der Waals surface area contributed by atoms with Crippen LogP contribution in [0.15, 0.2) is 18.2 Å². The number of hydrogen-bond donors (Lipinski definition) is 1. The van der Waals surface area contributed by atoms with E-state index >= 15 is 0 Å². The summed E-state index contributed by atoms with van der Waals surface area (Å²) in [5.41, 5.74) is 0.0332. The van der Waals surface area contributed by atoms with Gasteiger partial charge in [0.15, 0.2) is 0 Å². The smallest absolute Gasteiger partial charge is 0.304 e. The van der Waals surface area contributed by atoms with Crippen LogP contribution in [0.5, 0.6) is 0 Å². The van der Waals surface area contributed by atoms with Crippen molar-refractivity contribution in [3.8, 4) is 0 Å². The lowest BCUT2D eigenvalue weighted by molar-refractivity contribution is -0.387. The highest BCUT2D eigenvalue weighted by molar-refractivity contribution is 5.83. The summed E-state index contributed by atoms with van der Waals surface area (Å²) in [6.45, 7) is 1.00. The van der Waals surface area contributed by atoms with Crippen molar-refractivity contribution in [2.24, 2.45) is 0 Å². The van der Waals surface area contributed by atoms with Crippen molar-refractivity contribution < 1.29 is 14.1 Å². The van der Waals surface area contributed by atoms with Gasteiger partial charge in [0.2, 0.25) is 11.7 Å². The van der Waals surface area contributed by atoms with Crippen molar-refractivity contribution in [1.29, 1.82) is 0 Å². The second-order valence-corrected chi connectivity index (χ2v) is 4.52. The van der Waals surface area contributed by atoms with Crippen LogP contribution in [0.1, 0.15) is 12.0 Å². The number of likely N-dealkylation sites (N-methyl/N-ethyl adjacent to an activating group) is 1. The Morgan fingerprint density at radius 3 is 2.84 bits per heavy atom. The van der Waals surface area contributed by atoms with Crippen molar-refractivity contribution in [2.75, 3.05) is 13.6 Å². The van der Waals surface area contributed by atoms with Crippen LogP contribution < -0.4 is 5.32 Å². The number of nitrogens with zero attached hydrogens (tertiary/aromatic N) is 2. The number of amides is 1. The number of rotatable bonds is 4. The van der Waals surface area contributed by atoms with E-state index < -0.39 is 16.4 Å². The number of benzene rings is 1. The molecule has 0 radical (unpaired) electrons. The fourth-order valence-corrected chi connectivity index (χ4v) is 2.06. The zero-order chi connectivity index (χ0) is 14.0. The van der Waals surface area contributed by atoms with E-state index in [0.717, 1.165) is 12.1 Å². The van der Waals surface area contributed by atoms with Crippen LogP contribution in [-0.4, -0.2) is 35.4 Å². The summed E-state index contributed by atoms with van der Waals surface area (Å²) < 4.78 is 13.4. The highest BCUT2D eigenvalue weighted by Crippen LogP contribution is 2.18. The van der Waals surface area contributed by atoms with Gasteiger partial charge < -0.3 is 10.2 Å². The highest BCUT2D eigenvalue weighted by atomic mass is 19.1. The Balaban J connectivity index is 1.99. The third-order valence-corrected chi connectivity index (χ3v) is 3.19. The lowest BCUT2D eigenvalue weighted by Gasteiger charge is -2.12. The summed E-state index contributed by atoms with van der Waals surface area (Å²) in [7, 11) is 1.73. The van der Waals surface area contributed by atoms with Gasteiger partial charge in [-0.25, -0.2) is 0 Å². The average Bonchev–Trinajstić information content (AvgIpc) is 2.67. The normalized spacial score (nSPS) is 18.9. The molecule has 0 saturated carbocycles. The summed E-state index contributed by atoms with van der Waals surface area (Å²) in [5.74, 6) is -0.846. The zero-order valence-electron chi connectivity index (χ0n) is 10.4. The Hall–Kier alpha value is -2.02. The van der Waals surface area contributed by atoms with E-state index in [0.29, 0.717) is 25.1 Å². The lowest BCUT2D eigenvalue weighted by Crippen LogP contribution is -2.36. The minimum atomic E-state index is -0.862. The van der Waals surface area contributed by atoms with Crippen LogP contribution in [-0.2, 0) is 11.3 Å². The molecular weight excluding hydrogens is 253 g/mol. The molecule has 7 heteroatoms. The maximum atomic E-state index is 13.4. The molecule has 1 aromatic carbocycles. The summed E-state index contributed by atoms with van der Waals surface area (Å²) in [5, 5.41) is 13.5. The molecule has 1 aliphatic heterocycles. The minimum Gasteiger partial charge on any atom is -0.344 e.